The summed E-state index contributed by atoms with van der Waals surface area (Å²) in [5.74, 6) is 4.90. The molecule has 4 bridgehead atoms. The van der Waals surface area contributed by atoms with Gasteiger partial charge in [0.05, 0.1) is 11.6 Å². The molecule has 0 unspecified atom stereocenters. The second kappa shape index (κ2) is 8.94. The molecule has 0 radical (unpaired) electrons. The van der Waals surface area contributed by atoms with Crippen molar-refractivity contribution < 1.29 is 0 Å². The average Bonchev–Trinajstić information content (AvgIpc) is 3.34. The first-order valence-electron chi connectivity index (χ1n) is 15.3. The van der Waals surface area contributed by atoms with Gasteiger partial charge in [-0.1, -0.05) is 84.9 Å². The van der Waals surface area contributed by atoms with E-state index in [1.165, 1.54) is 54.4 Å². The van der Waals surface area contributed by atoms with Crippen molar-refractivity contribution in [1.29, 1.82) is 5.26 Å². The number of fused-ring (bicyclic) bond motifs is 3. The van der Waals surface area contributed by atoms with E-state index in [0.717, 1.165) is 34.1 Å². The van der Waals surface area contributed by atoms with E-state index in [9.17, 15) is 5.26 Å². The summed E-state index contributed by atoms with van der Waals surface area (Å²) >= 11 is 0. The molecule has 4 nitrogen and oxygen atoms in total. The van der Waals surface area contributed by atoms with Gasteiger partial charge in [0.1, 0.15) is 0 Å². The van der Waals surface area contributed by atoms with E-state index in [0.29, 0.717) is 29.3 Å². The molecule has 4 aromatic carbocycles. The molecule has 1 heterocycles. The minimum Gasteiger partial charge on any atom is -0.208 e. The molecule has 42 heavy (non-hydrogen) atoms. The number of rotatable bonds is 3. The number of nitrogens with zero attached hydrogens (tertiary/aromatic N) is 4. The number of hydrogen-bond acceptors (Lipinski definition) is 4. The van der Waals surface area contributed by atoms with Crippen LogP contribution in [-0.2, 0) is 5.41 Å². The highest BCUT2D eigenvalue weighted by molar-refractivity contribution is 5.86. The SMILES string of the molecule is N#Cc1cccc2c1C1(c3cc(-c4nc(-c5ccccc5)nc(-c5ccccc5)n4)ccc3-2)C2CC3CC(C2)CC1C3. The Bertz CT molecular complexity index is 1820. The minimum atomic E-state index is -0.0992. The van der Waals surface area contributed by atoms with Crippen molar-refractivity contribution in [3.63, 3.8) is 0 Å². The fourth-order valence-corrected chi connectivity index (χ4v) is 9.42. The lowest BCUT2D eigenvalue weighted by molar-refractivity contribution is -0.0400. The summed E-state index contributed by atoms with van der Waals surface area (Å²) in [6.45, 7) is 0. The molecule has 1 aromatic heterocycles. The van der Waals surface area contributed by atoms with Crippen molar-refractivity contribution in [3.05, 3.63) is 114 Å². The Hall–Kier alpha value is -4.62. The third-order valence-electron chi connectivity index (χ3n) is 10.7. The molecule has 5 aliphatic rings. The fraction of sp³-hybridized carbons (Fsp3) is 0.263. The Balaban J connectivity index is 1.27. The average molecular weight is 543 g/mol. The lowest BCUT2D eigenvalue weighted by Crippen LogP contribution is -2.55. The van der Waals surface area contributed by atoms with Crippen molar-refractivity contribution in [2.75, 3.05) is 0 Å². The zero-order valence-electron chi connectivity index (χ0n) is 23.4. The van der Waals surface area contributed by atoms with Crippen LogP contribution in [0.1, 0.15) is 48.8 Å². The molecule has 0 N–H and O–H groups in total. The molecule has 202 valence electrons. The van der Waals surface area contributed by atoms with E-state index in [1.807, 2.05) is 42.5 Å². The molecule has 0 aliphatic heterocycles. The highest BCUT2D eigenvalue weighted by atomic mass is 15.0. The summed E-state index contributed by atoms with van der Waals surface area (Å²) in [6.07, 6.45) is 6.50. The van der Waals surface area contributed by atoms with E-state index in [1.54, 1.807) is 0 Å². The zero-order chi connectivity index (χ0) is 27.8. The second-order valence-electron chi connectivity index (χ2n) is 12.8. The van der Waals surface area contributed by atoms with Gasteiger partial charge in [0.2, 0.25) is 0 Å². The molecule has 0 atom stereocenters. The molecular weight excluding hydrogens is 512 g/mol. The second-order valence-corrected chi connectivity index (χ2v) is 12.8. The van der Waals surface area contributed by atoms with Crippen LogP contribution in [-0.4, -0.2) is 15.0 Å². The molecule has 4 saturated carbocycles. The molecule has 5 aliphatic carbocycles. The normalized spacial score (nSPS) is 26.2. The number of hydrogen-bond donors (Lipinski definition) is 0. The number of benzene rings is 4. The Kier molecular flexibility index (Phi) is 5.11. The summed E-state index contributed by atoms with van der Waals surface area (Å²) in [5, 5.41) is 10.4. The summed E-state index contributed by atoms with van der Waals surface area (Å²) in [7, 11) is 0. The summed E-state index contributed by atoms with van der Waals surface area (Å²) in [6, 6.07) is 36.2. The van der Waals surface area contributed by atoms with Crippen molar-refractivity contribution in [2.45, 2.75) is 37.5 Å². The maximum atomic E-state index is 10.4. The van der Waals surface area contributed by atoms with Gasteiger partial charge in [-0.15, -0.1) is 0 Å². The fourth-order valence-electron chi connectivity index (χ4n) is 9.42. The van der Waals surface area contributed by atoms with E-state index in [4.69, 9.17) is 15.0 Å². The van der Waals surface area contributed by atoms with Crippen LogP contribution < -0.4 is 0 Å². The van der Waals surface area contributed by atoms with Gasteiger partial charge in [-0.25, -0.2) is 15.0 Å². The van der Waals surface area contributed by atoms with E-state index in [-0.39, 0.29) is 5.41 Å². The predicted octanol–water partition coefficient (Wildman–Crippen LogP) is 8.47. The minimum absolute atomic E-state index is 0.0992. The lowest BCUT2D eigenvalue weighted by Gasteiger charge is -2.61. The first-order valence-corrected chi connectivity index (χ1v) is 15.3. The van der Waals surface area contributed by atoms with Gasteiger partial charge < -0.3 is 0 Å². The monoisotopic (exact) mass is 542 g/mol. The molecule has 1 spiro atoms. The lowest BCUT2D eigenvalue weighted by atomic mass is 9.43. The molecule has 10 rings (SSSR count). The Morgan fingerprint density at radius 1 is 0.571 bits per heavy atom. The first-order chi connectivity index (χ1) is 20.7. The first kappa shape index (κ1) is 24.0. The van der Waals surface area contributed by atoms with E-state index in [2.05, 4.69) is 60.7 Å². The standard InChI is InChI=1S/C38H30N4/c39-22-28-12-7-13-32-31-15-14-27(21-33(31)38(34(28)32)29-17-23-16-24(19-29)20-30(38)18-23)37-41-35(25-8-3-1-4-9-25)40-36(42-37)26-10-5-2-6-11-26/h1-15,21,23-24,29-30H,16-20H2. The third kappa shape index (κ3) is 3.31. The van der Waals surface area contributed by atoms with Crippen LogP contribution in [0, 0.1) is 35.0 Å². The van der Waals surface area contributed by atoms with Crippen LogP contribution in [0.3, 0.4) is 0 Å². The van der Waals surface area contributed by atoms with Crippen molar-refractivity contribution in [3.8, 4) is 51.4 Å². The van der Waals surface area contributed by atoms with Gasteiger partial charge >= 0.3 is 0 Å². The maximum absolute atomic E-state index is 10.4. The quantitative estimate of drug-likeness (QED) is 0.229. The van der Waals surface area contributed by atoms with Crippen LogP contribution in [0.15, 0.2) is 97.1 Å². The molecule has 4 fully saturated rings. The molecule has 4 heteroatoms. The summed E-state index contributed by atoms with van der Waals surface area (Å²) < 4.78 is 0. The van der Waals surface area contributed by atoms with E-state index < -0.39 is 0 Å². The Morgan fingerprint density at radius 3 is 1.71 bits per heavy atom. The summed E-state index contributed by atoms with van der Waals surface area (Å²) in [5.41, 5.74) is 8.98. The van der Waals surface area contributed by atoms with E-state index >= 15 is 0 Å². The van der Waals surface area contributed by atoms with Crippen molar-refractivity contribution in [1.82, 2.24) is 15.0 Å². The number of nitriles is 1. The predicted molar refractivity (Wildman–Crippen MR) is 164 cm³/mol. The van der Waals surface area contributed by atoms with Crippen LogP contribution in [0.4, 0.5) is 0 Å². The molecule has 0 saturated heterocycles. The van der Waals surface area contributed by atoms with Gasteiger partial charge in [0.25, 0.3) is 0 Å². The topological polar surface area (TPSA) is 62.5 Å². The van der Waals surface area contributed by atoms with Crippen LogP contribution in [0.5, 0.6) is 0 Å². The van der Waals surface area contributed by atoms with Crippen LogP contribution in [0.2, 0.25) is 0 Å². The highest BCUT2D eigenvalue weighted by Gasteiger charge is 2.62. The van der Waals surface area contributed by atoms with Gasteiger partial charge in [-0.05, 0) is 90.2 Å². The summed E-state index contributed by atoms with van der Waals surface area (Å²) in [4.78, 5) is 15.0. The molecule has 5 aromatic rings. The molecular formula is C38H30N4. The van der Waals surface area contributed by atoms with Crippen molar-refractivity contribution >= 4 is 0 Å². The van der Waals surface area contributed by atoms with Crippen LogP contribution in [0.25, 0.3) is 45.3 Å². The number of aromatic nitrogens is 3. The third-order valence-corrected chi connectivity index (χ3v) is 10.7. The molecule has 0 amide bonds. The zero-order valence-corrected chi connectivity index (χ0v) is 23.4. The Morgan fingerprint density at radius 2 is 1.14 bits per heavy atom. The van der Waals surface area contributed by atoms with Gasteiger partial charge in [0, 0.05) is 22.1 Å². The van der Waals surface area contributed by atoms with Crippen molar-refractivity contribution in [2.24, 2.45) is 23.7 Å². The largest absolute Gasteiger partial charge is 0.208 e. The van der Waals surface area contributed by atoms with Gasteiger partial charge in [-0.3, -0.25) is 0 Å². The smallest absolute Gasteiger partial charge is 0.164 e. The van der Waals surface area contributed by atoms with Crippen LogP contribution >= 0.6 is 0 Å². The maximum Gasteiger partial charge on any atom is 0.164 e. The Labute approximate surface area is 246 Å². The highest BCUT2D eigenvalue weighted by Crippen LogP contribution is 2.70. The van der Waals surface area contributed by atoms with Gasteiger partial charge in [0.15, 0.2) is 17.5 Å². The van der Waals surface area contributed by atoms with Gasteiger partial charge in [-0.2, -0.15) is 5.26 Å².